The van der Waals surface area contributed by atoms with Gasteiger partial charge in [0.05, 0.1) is 17.7 Å². The molecule has 2 aromatic rings. The molecule has 0 aliphatic rings. The van der Waals surface area contributed by atoms with Crippen molar-refractivity contribution in [2.45, 2.75) is 5.92 Å². The minimum absolute atomic E-state index is 0.360. The summed E-state index contributed by atoms with van der Waals surface area (Å²) in [6, 6.07) is 16.2. The second-order valence-electron chi connectivity index (χ2n) is 4.31. The molecule has 2 aromatic carbocycles. The summed E-state index contributed by atoms with van der Waals surface area (Å²) in [6.45, 7) is 0. The number of hydrogen-bond acceptors (Lipinski definition) is 3. The molecule has 1 unspecified atom stereocenters. The van der Waals surface area contributed by atoms with Gasteiger partial charge in [-0.2, -0.15) is 5.26 Å². The highest BCUT2D eigenvalue weighted by molar-refractivity contribution is 9.10. The summed E-state index contributed by atoms with van der Waals surface area (Å²) in [5, 5.41) is 12.0. The van der Waals surface area contributed by atoms with E-state index in [9.17, 15) is 10.1 Å². The highest BCUT2D eigenvalue weighted by atomic mass is 79.9. The highest BCUT2D eigenvalue weighted by Crippen LogP contribution is 2.28. The second-order valence-corrected chi connectivity index (χ2v) is 5.17. The molecule has 2 rings (SSSR count). The van der Waals surface area contributed by atoms with Crippen molar-refractivity contribution in [1.82, 2.24) is 0 Å². The first-order valence-electron chi connectivity index (χ1n) is 6.24. The van der Waals surface area contributed by atoms with Crippen LogP contribution in [0.4, 0.5) is 5.69 Å². The minimum atomic E-state index is -0.841. The average Bonchev–Trinajstić information content (AvgIpc) is 2.49. The van der Waals surface area contributed by atoms with E-state index in [0.29, 0.717) is 17.0 Å². The molecule has 0 spiro atoms. The third-order valence-corrected chi connectivity index (χ3v) is 3.56. The van der Waals surface area contributed by atoms with Crippen molar-refractivity contribution in [2.75, 3.05) is 12.4 Å². The molecule has 0 aliphatic heterocycles. The van der Waals surface area contributed by atoms with Crippen molar-refractivity contribution in [1.29, 1.82) is 5.26 Å². The van der Waals surface area contributed by atoms with E-state index in [1.54, 1.807) is 49.6 Å². The maximum atomic E-state index is 12.2. The number of halogens is 1. The average molecular weight is 345 g/mol. The first kappa shape index (κ1) is 15.1. The molecule has 0 saturated heterocycles. The van der Waals surface area contributed by atoms with Crippen LogP contribution >= 0.6 is 15.9 Å². The molecule has 0 saturated carbocycles. The van der Waals surface area contributed by atoms with Crippen LogP contribution in [-0.2, 0) is 4.79 Å². The number of anilines is 1. The Morgan fingerprint density at radius 1 is 1.29 bits per heavy atom. The monoisotopic (exact) mass is 344 g/mol. The van der Waals surface area contributed by atoms with Crippen LogP contribution in [0, 0.1) is 11.3 Å². The maximum Gasteiger partial charge on any atom is 0.246 e. The van der Waals surface area contributed by atoms with Crippen LogP contribution in [0.25, 0.3) is 0 Å². The fourth-order valence-electron chi connectivity index (χ4n) is 1.89. The second kappa shape index (κ2) is 6.91. The van der Waals surface area contributed by atoms with Crippen molar-refractivity contribution in [2.24, 2.45) is 0 Å². The van der Waals surface area contributed by atoms with E-state index < -0.39 is 5.92 Å². The fraction of sp³-hybridized carbons (Fsp3) is 0.125. The Morgan fingerprint density at radius 3 is 2.57 bits per heavy atom. The maximum absolute atomic E-state index is 12.2. The molecule has 1 amide bonds. The Bertz CT molecular complexity index is 680. The van der Waals surface area contributed by atoms with Crippen LogP contribution in [0.2, 0.25) is 0 Å². The SMILES string of the molecule is COc1ccc(NC(=O)C(C#N)c2ccccc2)cc1Br. The normalized spacial score (nSPS) is 11.3. The minimum Gasteiger partial charge on any atom is -0.496 e. The summed E-state index contributed by atoms with van der Waals surface area (Å²) < 4.78 is 5.86. The van der Waals surface area contributed by atoms with Gasteiger partial charge in [0, 0.05) is 5.69 Å². The van der Waals surface area contributed by atoms with Crippen molar-refractivity contribution in [3.63, 3.8) is 0 Å². The van der Waals surface area contributed by atoms with Gasteiger partial charge in [0.25, 0.3) is 0 Å². The lowest BCUT2D eigenvalue weighted by Crippen LogP contribution is -2.19. The van der Waals surface area contributed by atoms with Gasteiger partial charge in [-0.1, -0.05) is 30.3 Å². The van der Waals surface area contributed by atoms with Gasteiger partial charge in [-0.15, -0.1) is 0 Å². The number of amides is 1. The Hall–Kier alpha value is -2.32. The number of hydrogen-bond donors (Lipinski definition) is 1. The Morgan fingerprint density at radius 2 is 2.00 bits per heavy atom. The number of nitriles is 1. The number of rotatable bonds is 4. The van der Waals surface area contributed by atoms with E-state index in [0.717, 1.165) is 4.47 Å². The van der Waals surface area contributed by atoms with Crippen molar-refractivity contribution in [3.8, 4) is 11.8 Å². The predicted molar refractivity (Wildman–Crippen MR) is 84.1 cm³/mol. The van der Waals surface area contributed by atoms with Crippen molar-refractivity contribution in [3.05, 3.63) is 58.6 Å². The third-order valence-electron chi connectivity index (χ3n) is 2.94. The number of carbonyl (C=O) groups excluding carboxylic acids is 1. The molecular weight excluding hydrogens is 332 g/mol. The predicted octanol–water partition coefficient (Wildman–Crippen LogP) is 3.70. The van der Waals surface area contributed by atoms with E-state index in [4.69, 9.17) is 4.74 Å². The fourth-order valence-corrected chi connectivity index (χ4v) is 2.43. The molecule has 0 heterocycles. The van der Waals surface area contributed by atoms with E-state index in [2.05, 4.69) is 21.2 Å². The van der Waals surface area contributed by atoms with Gasteiger partial charge < -0.3 is 10.1 Å². The Balaban J connectivity index is 2.17. The number of nitrogens with one attached hydrogen (secondary N) is 1. The molecule has 0 aliphatic carbocycles. The molecule has 106 valence electrons. The van der Waals surface area contributed by atoms with Gasteiger partial charge in [0.15, 0.2) is 5.92 Å². The summed E-state index contributed by atoms with van der Waals surface area (Å²) >= 11 is 3.35. The molecule has 21 heavy (non-hydrogen) atoms. The lowest BCUT2D eigenvalue weighted by Gasteiger charge is -2.11. The number of methoxy groups -OCH3 is 1. The summed E-state index contributed by atoms with van der Waals surface area (Å²) in [4.78, 5) is 12.2. The molecular formula is C16H13BrN2O2. The standard InChI is InChI=1S/C16H13BrN2O2/c1-21-15-8-7-12(9-14(15)17)19-16(20)13(10-18)11-5-3-2-4-6-11/h2-9,13H,1H3,(H,19,20). The van der Waals surface area contributed by atoms with Crippen LogP contribution in [-0.4, -0.2) is 13.0 Å². The highest BCUT2D eigenvalue weighted by Gasteiger charge is 2.20. The molecule has 1 atom stereocenters. The Kier molecular flexibility index (Phi) is 4.96. The van der Waals surface area contributed by atoms with Gasteiger partial charge in [-0.05, 0) is 39.7 Å². The lowest BCUT2D eigenvalue weighted by molar-refractivity contribution is -0.116. The third kappa shape index (κ3) is 3.61. The topological polar surface area (TPSA) is 62.1 Å². The summed E-state index contributed by atoms with van der Waals surface area (Å²) in [5.74, 6) is -0.527. The number of carbonyl (C=O) groups is 1. The first-order valence-corrected chi connectivity index (χ1v) is 7.04. The molecule has 0 bridgehead atoms. The van der Waals surface area contributed by atoms with Crippen LogP contribution < -0.4 is 10.1 Å². The molecule has 0 fully saturated rings. The van der Waals surface area contributed by atoms with Gasteiger partial charge in [-0.25, -0.2) is 0 Å². The van der Waals surface area contributed by atoms with Crippen LogP contribution in [0.15, 0.2) is 53.0 Å². The van der Waals surface area contributed by atoms with Gasteiger partial charge in [0.2, 0.25) is 5.91 Å². The summed E-state index contributed by atoms with van der Waals surface area (Å²) in [7, 11) is 1.57. The molecule has 0 radical (unpaired) electrons. The first-order chi connectivity index (χ1) is 10.2. The van der Waals surface area contributed by atoms with E-state index >= 15 is 0 Å². The summed E-state index contributed by atoms with van der Waals surface area (Å²) in [6.07, 6.45) is 0. The quantitative estimate of drug-likeness (QED) is 0.919. The number of benzene rings is 2. The zero-order valence-electron chi connectivity index (χ0n) is 11.3. The molecule has 1 N–H and O–H groups in total. The van der Waals surface area contributed by atoms with E-state index in [-0.39, 0.29) is 5.91 Å². The van der Waals surface area contributed by atoms with Gasteiger partial charge in [0.1, 0.15) is 5.75 Å². The van der Waals surface area contributed by atoms with E-state index in [1.807, 2.05) is 12.1 Å². The number of nitrogens with zero attached hydrogens (tertiary/aromatic N) is 1. The van der Waals surface area contributed by atoms with Crippen molar-refractivity contribution < 1.29 is 9.53 Å². The van der Waals surface area contributed by atoms with Crippen LogP contribution in [0.5, 0.6) is 5.75 Å². The van der Waals surface area contributed by atoms with Crippen LogP contribution in [0.1, 0.15) is 11.5 Å². The number of ether oxygens (including phenoxy) is 1. The van der Waals surface area contributed by atoms with E-state index in [1.165, 1.54) is 0 Å². The Labute approximate surface area is 131 Å². The van der Waals surface area contributed by atoms with Crippen molar-refractivity contribution >= 4 is 27.5 Å². The molecule has 4 nitrogen and oxygen atoms in total. The summed E-state index contributed by atoms with van der Waals surface area (Å²) in [5.41, 5.74) is 1.27. The zero-order valence-corrected chi connectivity index (χ0v) is 12.9. The zero-order chi connectivity index (χ0) is 15.2. The van der Waals surface area contributed by atoms with Crippen LogP contribution in [0.3, 0.4) is 0 Å². The largest absolute Gasteiger partial charge is 0.496 e. The molecule has 0 aromatic heterocycles. The van der Waals surface area contributed by atoms with Gasteiger partial charge in [-0.3, -0.25) is 4.79 Å². The smallest absolute Gasteiger partial charge is 0.246 e. The molecule has 5 heteroatoms. The van der Waals surface area contributed by atoms with Gasteiger partial charge >= 0.3 is 0 Å². The lowest BCUT2D eigenvalue weighted by atomic mass is 10.00.